The van der Waals surface area contributed by atoms with Gasteiger partial charge in [-0.2, -0.15) is 0 Å². The van der Waals surface area contributed by atoms with Crippen molar-refractivity contribution in [1.82, 2.24) is 4.90 Å². The van der Waals surface area contributed by atoms with Gasteiger partial charge in [0.05, 0.1) is 0 Å². The summed E-state index contributed by atoms with van der Waals surface area (Å²) in [5.74, 6) is 0.287. The molecule has 0 fully saturated rings. The highest BCUT2D eigenvalue weighted by Gasteiger charge is 2.15. The molecule has 0 spiro atoms. The van der Waals surface area contributed by atoms with Gasteiger partial charge in [0.2, 0.25) is 0 Å². The van der Waals surface area contributed by atoms with E-state index in [-0.39, 0.29) is 18.6 Å². The summed E-state index contributed by atoms with van der Waals surface area (Å²) in [6.45, 7) is 5.25. The molecule has 0 heterocycles. The van der Waals surface area contributed by atoms with Gasteiger partial charge in [-0.15, -0.1) is 0 Å². The summed E-state index contributed by atoms with van der Waals surface area (Å²) in [7, 11) is 2.06. The van der Waals surface area contributed by atoms with Crippen LogP contribution in [0.5, 0.6) is 0 Å². The van der Waals surface area contributed by atoms with Gasteiger partial charge in [0.15, 0.2) is 0 Å². The molecule has 1 aromatic carbocycles. The van der Waals surface area contributed by atoms with Crippen LogP contribution < -0.4 is 0 Å². The maximum atomic E-state index is 9.04. The van der Waals surface area contributed by atoms with E-state index in [1.807, 2.05) is 31.2 Å². The van der Waals surface area contributed by atoms with Crippen molar-refractivity contribution in [2.24, 2.45) is 5.92 Å². The summed E-state index contributed by atoms with van der Waals surface area (Å²) in [5, 5.41) is 9.84. The molecule has 1 aromatic rings. The minimum atomic E-state index is 0.222. The maximum absolute atomic E-state index is 9.04. The number of hydrogen-bond acceptors (Lipinski definition) is 2. The summed E-state index contributed by atoms with van der Waals surface area (Å²) in [6.07, 6.45) is 0. The second kappa shape index (κ2) is 6.24. The Kier molecular flexibility index (Phi) is 5.26. The van der Waals surface area contributed by atoms with Crippen molar-refractivity contribution in [2.45, 2.75) is 19.9 Å². The van der Waals surface area contributed by atoms with Crippen LogP contribution in [0.25, 0.3) is 0 Å². The summed E-state index contributed by atoms with van der Waals surface area (Å²) in [4.78, 5) is 2.21. The van der Waals surface area contributed by atoms with Crippen molar-refractivity contribution in [3.63, 3.8) is 0 Å². The smallest absolute Gasteiger partial charge is 0.0468 e. The van der Waals surface area contributed by atoms with Crippen molar-refractivity contribution in [2.75, 3.05) is 20.2 Å². The minimum Gasteiger partial charge on any atom is -0.396 e. The molecule has 0 aliphatic rings. The zero-order chi connectivity index (χ0) is 12.1. The highest BCUT2D eigenvalue weighted by Crippen LogP contribution is 2.26. The Labute approximate surface area is 103 Å². The van der Waals surface area contributed by atoms with Gasteiger partial charge in [0.1, 0.15) is 0 Å². The second-order valence-electron chi connectivity index (χ2n) is 4.42. The average Bonchev–Trinajstić information content (AvgIpc) is 2.28. The first-order chi connectivity index (χ1) is 7.56. The van der Waals surface area contributed by atoms with Crippen molar-refractivity contribution in [3.05, 3.63) is 34.9 Å². The summed E-state index contributed by atoms with van der Waals surface area (Å²) in [6, 6.07) is 8.17. The Hall–Kier alpha value is -0.570. The molecule has 0 amide bonds. The van der Waals surface area contributed by atoms with Crippen LogP contribution in [0.4, 0.5) is 0 Å². The van der Waals surface area contributed by atoms with Gasteiger partial charge in [-0.1, -0.05) is 36.7 Å². The number of rotatable bonds is 5. The van der Waals surface area contributed by atoms with E-state index in [0.29, 0.717) is 0 Å². The van der Waals surface area contributed by atoms with Crippen LogP contribution in [0.15, 0.2) is 24.3 Å². The molecule has 1 rings (SSSR count). The lowest BCUT2D eigenvalue weighted by atomic mass is 10.1. The van der Waals surface area contributed by atoms with E-state index < -0.39 is 0 Å². The molecule has 2 atom stereocenters. The zero-order valence-electron chi connectivity index (χ0n) is 10.2. The van der Waals surface area contributed by atoms with E-state index in [1.165, 1.54) is 0 Å². The molecule has 0 saturated carbocycles. The molecule has 0 aliphatic carbocycles. The lowest BCUT2D eigenvalue weighted by Gasteiger charge is -2.27. The number of benzene rings is 1. The van der Waals surface area contributed by atoms with Crippen molar-refractivity contribution in [1.29, 1.82) is 0 Å². The SMILES string of the molecule is CC(CO)CN(C)C(C)c1ccccc1Cl. The molecule has 1 N–H and O–H groups in total. The number of halogens is 1. The molecule has 0 aliphatic heterocycles. The van der Waals surface area contributed by atoms with Crippen LogP contribution in [0, 0.1) is 5.92 Å². The van der Waals surface area contributed by atoms with Gasteiger partial charge < -0.3 is 5.11 Å². The van der Waals surface area contributed by atoms with Crippen LogP contribution in [-0.4, -0.2) is 30.2 Å². The fourth-order valence-corrected chi connectivity index (χ4v) is 2.05. The molecule has 2 nitrogen and oxygen atoms in total. The summed E-state index contributed by atoms with van der Waals surface area (Å²) in [5.41, 5.74) is 1.14. The minimum absolute atomic E-state index is 0.222. The molecular weight excluding hydrogens is 222 g/mol. The van der Waals surface area contributed by atoms with Crippen molar-refractivity contribution < 1.29 is 5.11 Å². The molecule has 0 saturated heterocycles. The number of hydrogen-bond donors (Lipinski definition) is 1. The molecule has 90 valence electrons. The highest BCUT2D eigenvalue weighted by molar-refractivity contribution is 6.31. The lowest BCUT2D eigenvalue weighted by Crippen LogP contribution is -2.28. The Morgan fingerprint density at radius 3 is 2.50 bits per heavy atom. The predicted octanol–water partition coefficient (Wildman–Crippen LogP) is 2.96. The molecule has 0 radical (unpaired) electrons. The first kappa shape index (κ1) is 13.5. The molecule has 3 heteroatoms. The first-order valence-electron chi connectivity index (χ1n) is 5.61. The number of aliphatic hydroxyl groups is 1. The van der Waals surface area contributed by atoms with E-state index in [2.05, 4.69) is 18.9 Å². The van der Waals surface area contributed by atoms with Gasteiger partial charge in [-0.3, -0.25) is 4.90 Å². The van der Waals surface area contributed by atoms with Crippen LogP contribution in [0.3, 0.4) is 0 Å². The summed E-state index contributed by atoms with van der Waals surface area (Å²) >= 11 is 6.16. The van der Waals surface area contributed by atoms with Crippen molar-refractivity contribution >= 4 is 11.6 Å². The second-order valence-corrected chi connectivity index (χ2v) is 4.83. The molecule has 2 unspecified atom stereocenters. The van der Waals surface area contributed by atoms with E-state index in [9.17, 15) is 0 Å². The molecule has 0 aromatic heterocycles. The fourth-order valence-electron chi connectivity index (χ4n) is 1.76. The lowest BCUT2D eigenvalue weighted by molar-refractivity contribution is 0.167. The van der Waals surface area contributed by atoms with Gasteiger partial charge >= 0.3 is 0 Å². The van der Waals surface area contributed by atoms with Gasteiger partial charge in [-0.05, 0) is 31.5 Å². The number of aliphatic hydroxyl groups excluding tert-OH is 1. The van der Waals surface area contributed by atoms with Gasteiger partial charge in [0, 0.05) is 24.2 Å². The Balaban J connectivity index is 2.70. The van der Waals surface area contributed by atoms with Crippen LogP contribution in [0.1, 0.15) is 25.5 Å². The third kappa shape index (κ3) is 3.48. The quantitative estimate of drug-likeness (QED) is 0.857. The third-order valence-electron chi connectivity index (χ3n) is 2.93. The summed E-state index contributed by atoms with van der Waals surface area (Å²) < 4.78 is 0. The van der Waals surface area contributed by atoms with Crippen LogP contribution >= 0.6 is 11.6 Å². The van der Waals surface area contributed by atoms with E-state index in [1.54, 1.807) is 0 Å². The highest BCUT2D eigenvalue weighted by atomic mass is 35.5. The topological polar surface area (TPSA) is 23.5 Å². The van der Waals surface area contributed by atoms with Gasteiger partial charge in [0.25, 0.3) is 0 Å². The third-order valence-corrected chi connectivity index (χ3v) is 3.27. The average molecular weight is 242 g/mol. The molecular formula is C13H20ClNO. The van der Waals surface area contributed by atoms with Crippen molar-refractivity contribution in [3.8, 4) is 0 Å². The Morgan fingerprint density at radius 2 is 1.94 bits per heavy atom. The monoisotopic (exact) mass is 241 g/mol. The number of nitrogens with zero attached hydrogens (tertiary/aromatic N) is 1. The van der Waals surface area contributed by atoms with E-state index in [4.69, 9.17) is 16.7 Å². The largest absolute Gasteiger partial charge is 0.396 e. The van der Waals surface area contributed by atoms with Crippen LogP contribution in [-0.2, 0) is 0 Å². The van der Waals surface area contributed by atoms with E-state index >= 15 is 0 Å². The zero-order valence-corrected chi connectivity index (χ0v) is 10.9. The van der Waals surface area contributed by atoms with Gasteiger partial charge in [-0.25, -0.2) is 0 Å². The normalized spacial score (nSPS) is 15.1. The van der Waals surface area contributed by atoms with E-state index in [0.717, 1.165) is 17.1 Å². The first-order valence-corrected chi connectivity index (χ1v) is 5.99. The van der Waals surface area contributed by atoms with Crippen LogP contribution in [0.2, 0.25) is 5.02 Å². The predicted molar refractivity (Wildman–Crippen MR) is 68.7 cm³/mol. The molecule has 16 heavy (non-hydrogen) atoms. The Bertz CT molecular complexity index is 329. The fraction of sp³-hybridized carbons (Fsp3) is 0.538. The Morgan fingerprint density at radius 1 is 1.31 bits per heavy atom. The maximum Gasteiger partial charge on any atom is 0.0468 e. The standard InChI is InChI=1S/C13H20ClNO/c1-10(9-16)8-15(3)11(2)12-6-4-5-7-13(12)14/h4-7,10-11,16H,8-9H2,1-3H3. The molecule has 0 bridgehead atoms.